The van der Waals surface area contributed by atoms with Crippen LogP contribution < -0.4 is 5.73 Å². The number of rotatable bonds is 7. The number of halogens is 1. The Morgan fingerprint density at radius 1 is 1.24 bits per heavy atom. The second-order valence-corrected chi connectivity index (χ2v) is 6.36. The van der Waals surface area contributed by atoms with Gasteiger partial charge in [-0.1, -0.05) is 41.9 Å². The number of aromatic nitrogens is 2. The molecule has 0 aliphatic heterocycles. The Bertz CT molecular complexity index is 561. The van der Waals surface area contributed by atoms with Gasteiger partial charge in [-0.25, -0.2) is 0 Å². The fraction of sp³-hybridized carbons (Fsp3) is 0.471. The van der Waals surface area contributed by atoms with Crippen LogP contribution in [-0.4, -0.2) is 16.3 Å². The summed E-state index contributed by atoms with van der Waals surface area (Å²) in [6, 6.07) is 11.0. The fourth-order valence-electron chi connectivity index (χ4n) is 2.70. The van der Waals surface area contributed by atoms with Crippen molar-refractivity contribution in [2.24, 2.45) is 5.73 Å². The van der Waals surface area contributed by atoms with Gasteiger partial charge in [0, 0.05) is 16.6 Å². The standard InChI is InChI=1S/C17H24BrN3/c1-3-17(4-2)21-9-8-16(20-21)11-14(12-19)13-6-5-7-15(18)10-13/h5-10,14,17H,3-4,11-12,19H2,1-2H3. The summed E-state index contributed by atoms with van der Waals surface area (Å²) in [5, 5.41) is 4.74. The molecule has 1 heterocycles. The predicted octanol–water partition coefficient (Wildman–Crippen LogP) is 4.29. The van der Waals surface area contributed by atoms with Crippen LogP contribution in [0.5, 0.6) is 0 Å². The Kier molecular flexibility index (Phi) is 6.00. The molecule has 2 aromatic rings. The van der Waals surface area contributed by atoms with E-state index in [1.807, 2.05) is 6.07 Å². The average Bonchev–Trinajstić information content (AvgIpc) is 2.94. The van der Waals surface area contributed by atoms with Crippen LogP contribution in [0.1, 0.15) is 49.9 Å². The molecule has 0 spiro atoms. The van der Waals surface area contributed by atoms with Crippen molar-refractivity contribution in [1.29, 1.82) is 0 Å². The first-order valence-electron chi connectivity index (χ1n) is 7.67. The Morgan fingerprint density at radius 3 is 2.62 bits per heavy atom. The van der Waals surface area contributed by atoms with Crippen molar-refractivity contribution in [3.63, 3.8) is 0 Å². The van der Waals surface area contributed by atoms with E-state index in [-0.39, 0.29) is 0 Å². The Labute approximate surface area is 135 Å². The summed E-state index contributed by atoms with van der Waals surface area (Å²) < 4.78 is 3.20. The van der Waals surface area contributed by atoms with Gasteiger partial charge in [0.1, 0.15) is 0 Å². The molecule has 1 atom stereocenters. The molecule has 4 heteroatoms. The molecule has 0 radical (unpaired) electrons. The van der Waals surface area contributed by atoms with Crippen LogP contribution >= 0.6 is 15.9 Å². The number of hydrogen-bond acceptors (Lipinski definition) is 2. The van der Waals surface area contributed by atoms with Gasteiger partial charge in [-0.3, -0.25) is 4.68 Å². The van der Waals surface area contributed by atoms with Gasteiger partial charge in [0.2, 0.25) is 0 Å². The molecule has 1 aromatic carbocycles. The van der Waals surface area contributed by atoms with E-state index in [1.54, 1.807) is 0 Å². The van der Waals surface area contributed by atoms with Crippen molar-refractivity contribution in [2.75, 3.05) is 6.54 Å². The number of nitrogens with two attached hydrogens (primary N) is 1. The molecule has 2 N–H and O–H groups in total. The van der Waals surface area contributed by atoms with E-state index in [0.29, 0.717) is 18.5 Å². The van der Waals surface area contributed by atoms with Crippen molar-refractivity contribution >= 4 is 15.9 Å². The average molecular weight is 350 g/mol. The number of benzene rings is 1. The summed E-state index contributed by atoms with van der Waals surface area (Å²) in [6.07, 6.45) is 5.22. The van der Waals surface area contributed by atoms with Crippen molar-refractivity contribution in [2.45, 2.75) is 45.1 Å². The van der Waals surface area contributed by atoms with Gasteiger partial charge in [-0.05, 0) is 49.6 Å². The summed E-state index contributed by atoms with van der Waals surface area (Å²) in [5.74, 6) is 0.313. The van der Waals surface area contributed by atoms with Crippen LogP contribution in [-0.2, 0) is 6.42 Å². The molecular weight excluding hydrogens is 326 g/mol. The Morgan fingerprint density at radius 2 is 2.00 bits per heavy atom. The van der Waals surface area contributed by atoms with Crippen LogP contribution in [0.2, 0.25) is 0 Å². The van der Waals surface area contributed by atoms with Crippen molar-refractivity contribution < 1.29 is 0 Å². The van der Waals surface area contributed by atoms with Gasteiger partial charge in [-0.2, -0.15) is 5.10 Å². The molecule has 0 saturated heterocycles. The maximum Gasteiger partial charge on any atom is 0.0631 e. The smallest absolute Gasteiger partial charge is 0.0631 e. The van der Waals surface area contributed by atoms with E-state index >= 15 is 0 Å². The first-order chi connectivity index (χ1) is 10.2. The van der Waals surface area contributed by atoms with Gasteiger partial charge >= 0.3 is 0 Å². The molecule has 0 saturated carbocycles. The molecule has 114 valence electrons. The second-order valence-electron chi connectivity index (χ2n) is 5.45. The molecule has 0 aliphatic rings. The van der Waals surface area contributed by atoms with E-state index in [9.17, 15) is 0 Å². The molecule has 0 bridgehead atoms. The molecule has 21 heavy (non-hydrogen) atoms. The lowest BCUT2D eigenvalue weighted by Crippen LogP contribution is -2.16. The van der Waals surface area contributed by atoms with Crippen molar-refractivity contribution in [1.82, 2.24) is 9.78 Å². The van der Waals surface area contributed by atoms with E-state index < -0.39 is 0 Å². The maximum absolute atomic E-state index is 5.97. The highest BCUT2D eigenvalue weighted by molar-refractivity contribution is 9.10. The van der Waals surface area contributed by atoms with Gasteiger partial charge < -0.3 is 5.73 Å². The van der Waals surface area contributed by atoms with Crippen molar-refractivity contribution in [3.05, 3.63) is 52.3 Å². The fourth-order valence-corrected chi connectivity index (χ4v) is 3.12. The van der Waals surface area contributed by atoms with Crippen LogP contribution in [0, 0.1) is 0 Å². The van der Waals surface area contributed by atoms with E-state index in [2.05, 4.69) is 64.9 Å². The van der Waals surface area contributed by atoms with Gasteiger partial charge in [0.15, 0.2) is 0 Å². The molecule has 1 aromatic heterocycles. The van der Waals surface area contributed by atoms with E-state index in [0.717, 1.165) is 29.4 Å². The lowest BCUT2D eigenvalue weighted by molar-refractivity contribution is 0.424. The largest absolute Gasteiger partial charge is 0.330 e. The minimum absolute atomic E-state index is 0.313. The lowest BCUT2D eigenvalue weighted by atomic mass is 9.94. The zero-order valence-electron chi connectivity index (χ0n) is 12.8. The van der Waals surface area contributed by atoms with Crippen LogP contribution in [0.25, 0.3) is 0 Å². The van der Waals surface area contributed by atoms with Gasteiger partial charge in [0.25, 0.3) is 0 Å². The molecular formula is C17H24BrN3. The minimum atomic E-state index is 0.313. The molecule has 2 rings (SSSR count). The molecule has 0 fully saturated rings. The third kappa shape index (κ3) is 4.17. The lowest BCUT2D eigenvalue weighted by Gasteiger charge is -2.15. The number of nitrogens with zero attached hydrogens (tertiary/aromatic N) is 2. The topological polar surface area (TPSA) is 43.8 Å². The summed E-state index contributed by atoms with van der Waals surface area (Å²) in [4.78, 5) is 0. The van der Waals surface area contributed by atoms with Crippen molar-refractivity contribution in [3.8, 4) is 0 Å². The second kappa shape index (κ2) is 7.76. The Balaban J connectivity index is 2.12. The molecule has 1 unspecified atom stereocenters. The summed E-state index contributed by atoms with van der Waals surface area (Å²) in [6.45, 7) is 5.05. The normalized spacial score (nSPS) is 12.8. The monoisotopic (exact) mass is 349 g/mol. The summed E-state index contributed by atoms with van der Waals surface area (Å²) in [5.41, 5.74) is 8.36. The maximum atomic E-state index is 5.97. The van der Waals surface area contributed by atoms with E-state index in [4.69, 9.17) is 10.8 Å². The third-order valence-corrected chi connectivity index (χ3v) is 4.53. The summed E-state index contributed by atoms with van der Waals surface area (Å²) in [7, 11) is 0. The van der Waals surface area contributed by atoms with Crippen LogP contribution in [0.4, 0.5) is 0 Å². The summed E-state index contributed by atoms with van der Waals surface area (Å²) >= 11 is 3.53. The SMILES string of the molecule is CCC(CC)n1ccc(CC(CN)c2cccc(Br)c2)n1. The zero-order chi connectivity index (χ0) is 15.2. The Hall–Kier alpha value is -1.13. The van der Waals surface area contributed by atoms with Crippen LogP contribution in [0.15, 0.2) is 41.0 Å². The molecule has 0 amide bonds. The minimum Gasteiger partial charge on any atom is -0.330 e. The zero-order valence-corrected chi connectivity index (χ0v) is 14.4. The quantitative estimate of drug-likeness (QED) is 0.809. The highest BCUT2D eigenvalue weighted by Crippen LogP contribution is 2.23. The van der Waals surface area contributed by atoms with E-state index in [1.165, 1.54) is 5.56 Å². The van der Waals surface area contributed by atoms with Gasteiger partial charge in [-0.15, -0.1) is 0 Å². The highest BCUT2D eigenvalue weighted by atomic mass is 79.9. The third-order valence-electron chi connectivity index (χ3n) is 4.04. The van der Waals surface area contributed by atoms with Gasteiger partial charge in [0.05, 0.1) is 11.7 Å². The molecule has 3 nitrogen and oxygen atoms in total. The molecule has 0 aliphatic carbocycles. The first kappa shape index (κ1) is 16.2. The first-order valence-corrected chi connectivity index (χ1v) is 8.46. The predicted molar refractivity (Wildman–Crippen MR) is 91.5 cm³/mol. The van der Waals surface area contributed by atoms with Crippen LogP contribution in [0.3, 0.4) is 0 Å². The number of hydrogen-bond donors (Lipinski definition) is 1. The highest BCUT2D eigenvalue weighted by Gasteiger charge is 2.14.